The van der Waals surface area contributed by atoms with Gasteiger partial charge in [0.05, 0.1) is 29.1 Å². The van der Waals surface area contributed by atoms with Crippen LogP contribution in [0.15, 0.2) is 30.7 Å². The Morgan fingerprint density at radius 3 is 2.62 bits per heavy atom. The smallest absolute Gasteiger partial charge is 0.399 e. The van der Waals surface area contributed by atoms with Crippen LogP contribution in [0.25, 0.3) is 22.0 Å². The van der Waals surface area contributed by atoms with Crippen LogP contribution in [0, 0.1) is 0 Å². The van der Waals surface area contributed by atoms with Gasteiger partial charge in [0.15, 0.2) is 0 Å². The van der Waals surface area contributed by atoms with E-state index in [9.17, 15) is 0 Å². The molecule has 2 aliphatic heterocycles. The van der Waals surface area contributed by atoms with Crippen molar-refractivity contribution < 1.29 is 14.0 Å². The molecule has 1 unspecified atom stereocenters. The average molecular weight is 394 g/mol. The number of ether oxygens (including phenoxy) is 1. The number of benzene rings is 1. The molecule has 1 atom stereocenters. The summed E-state index contributed by atoms with van der Waals surface area (Å²) < 4.78 is 20.3. The standard InChI is InChI=1S/C21H27BN4O3/c1-20(2)21(3,4)29-22(28-20)17-9-8-15(16-12-23-25-19(16)17)14-11-24-26(13-14)18-7-5-6-10-27-18/h8-9,11-13,18H,5-7,10H2,1-4H3,(H,23,25). The van der Waals surface area contributed by atoms with Crippen molar-refractivity contribution in [1.29, 1.82) is 0 Å². The molecule has 0 radical (unpaired) electrons. The summed E-state index contributed by atoms with van der Waals surface area (Å²) in [5, 5.41) is 13.0. The lowest BCUT2D eigenvalue weighted by atomic mass is 9.77. The minimum absolute atomic E-state index is 0.0290. The zero-order chi connectivity index (χ0) is 20.2. The van der Waals surface area contributed by atoms with E-state index in [4.69, 9.17) is 14.0 Å². The first kappa shape index (κ1) is 18.8. The second-order valence-electron chi connectivity index (χ2n) is 8.98. The highest BCUT2D eigenvalue weighted by atomic mass is 16.7. The molecule has 1 N–H and O–H groups in total. The van der Waals surface area contributed by atoms with Crippen LogP contribution in [0.1, 0.15) is 53.2 Å². The van der Waals surface area contributed by atoms with Crippen molar-refractivity contribution in [2.24, 2.45) is 0 Å². The Labute approximate surface area is 170 Å². The molecule has 0 amide bonds. The molecule has 5 rings (SSSR count). The van der Waals surface area contributed by atoms with Gasteiger partial charge < -0.3 is 14.0 Å². The normalized spacial score (nSPS) is 23.7. The van der Waals surface area contributed by atoms with Crippen LogP contribution in [0.2, 0.25) is 0 Å². The van der Waals surface area contributed by atoms with Crippen LogP contribution in [0.4, 0.5) is 0 Å². The van der Waals surface area contributed by atoms with Gasteiger partial charge in [0, 0.05) is 29.2 Å². The minimum Gasteiger partial charge on any atom is -0.399 e. The highest BCUT2D eigenvalue weighted by Gasteiger charge is 2.52. The Bertz CT molecular complexity index is 1020. The molecule has 8 heteroatoms. The highest BCUT2D eigenvalue weighted by Crippen LogP contribution is 2.37. The number of nitrogens with one attached hydrogen (secondary N) is 1. The number of H-pyrrole nitrogens is 1. The van der Waals surface area contributed by atoms with Gasteiger partial charge in [-0.2, -0.15) is 10.2 Å². The second-order valence-corrected chi connectivity index (χ2v) is 8.98. The van der Waals surface area contributed by atoms with Crippen LogP contribution < -0.4 is 5.46 Å². The van der Waals surface area contributed by atoms with Crippen LogP contribution in [-0.4, -0.2) is 44.9 Å². The van der Waals surface area contributed by atoms with Crippen molar-refractivity contribution in [3.05, 3.63) is 30.7 Å². The molecular weight excluding hydrogens is 367 g/mol. The zero-order valence-electron chi connectivity index (χ0n) is 17.4. The maximum absolute atomic E-state index is 6.25. The topological polar surface area (TPSA) is 74.2 Å². The zero-order valence-corrected chi connectivity index (χ0v) is 17.4. The Hall–Kier alpha value is -2.16. The summed E-state index contributed by atoms with van der Waals surface area (Å²) in [7, 11) is -0.435. The molecule has 0 bridgehead atoms. The fraction of sp³-hybridized carbons (Fsp3) is 0.524. The van der Waals surface area contributed by atoms with E-state index in [0.29, 0.717) is 0 Å². The predicted octanol–water partition coefficient (Wildman–Crippen LogP) is 3.42. The number of rotatable bonds is 3. The van der Waals surface area contributed by atoms with E-state index >= 15 is 0 Å². The van der Waals surface area contributed by atoms with Crippen LogP contribution in [-0.2, 0) is 14.0 Å². The van der Waals surface area contributed by atoms with E-state index in [1.807, 2.05) is 17.1 Å². The van der Waals surface area contributed by atoms with E-state index in [2.05, 4.69) is 61.3 Å². The lowest BCUT2D eigenvalue weighted by Crippen LogP contribution is -2.41. The van der Waals surface area contributed by atoms with Crippen molar-refractivity contribution in [3.8, 4) is 11.1 Å². The molecule has 152 valence electrons. The van der Waals surface area contributed by atoms with Gasteiger partial charge in [-0.05, 0) is 52.5 Å². The van der Waals surface area contributed by atoms with Gasteiger partial charge >= 0.3 is 7.12 Å². The first-order valence-electron chi connectivity index (χ1n) is 10.3. The van der Waals surface area contributed by atoms with Gasteiger partial charge in [-0.15, -0.1) is 0 Å². The molecule has 2 aromatic heterocycles. The van der Waals surface area contributed by atoms with Crippen LogP contribution in [0.3, 0.4) is 0 Å². The molecule has 0 spiro atoms. The summed E-state index contributed by atoms with van der Waals surface area (Å²) in [6.07, 6.45) is 9.15. The molecule has 0 saturated carbocycles. The molecule has 29 heavy (non-hydrogen) atoms. The molecule has 2 aliphatic rings. The molecule has 7 nitrogen and oxygen atoms in total. The van der Waals surface area contributed by atoms with Crippen molar-refractivity contribution in [2.45, 2.75) is 64.4 Å². The quantitative estimate of drug-likeness (QED) is 0.689. The summed E-state index contributed by atoms with van der Waals surface area (Å²) in [4.78, 5) is 0. The maximum Gasteiger partial charge on any atom is 0.497 e. The van der Waals surface area contributed by atoms with Crippen molar-refractivity contribution >= 4 is 23.5 Å². The lowest BCUT2D eigenvalue weighted by Gasteiger charge is -2.32. The minimum atomic E-state index is -0.435. The first-order chi connectivity index (χ1) is 13.9. The number of fused-ring (bicyclic) bond motifs is 1. The molecular formula is C21H27BN4O3. The fourth-order valence-electron chi connectivity index (χ4n) is 4.04. The molecule has 0 aliphatic carbocycles. The molecule has 1 aromatic carbocycles. The summed E-state index contributed by atoms with van der Waals surface area (Å²) in [5.41, 5.74) is 3.25. The number of nitrogens with zero attached hydrogens (tertiary/aromatic N) is 3. The molecule has 4 heterocycles. The molecule has 3 aromatic rings. The van der Waals surface area contributed by atoms with Crippen molar-refractivity contribution in [1.82, 2.24) is 20.0 Å². The van der Waals surface area contributed by atoms with Crippen molar-refractivity contribution in [2.75, 3.05) is 6.61 Å². The van der Waals surface area contributed by atoms with Crippen molar-refractivity contribution in [3.63, 3.8) is 0 Å². The lowest BCUT2D eigenvalue weighted by molar-refractivity contribution is -0.0394. The summed E-state index contributed by atoms with van der Waals surface area (Å²) in [5.74, 6) is 0. The summed E-state index contributed by atoms with van der Waals surface area (Å²) >= 11 is 0. The van der Waals surface area contributed by atoms with Gasteiger partial charge in [-0.25, -0.2) is 4.68 Å². The summed E-state index contributed by atoms with van der Waals surface area (Å²) in [6.45, 7) is 9.05. The Balaban J connectivity index is 1.50. The third-order valence-corrected chi connectivity index (χ3v) is 6.52. The van der Waals surface area contributed by atoms with Gasteiger partial charge in [0.2, 0.25) is 0 Å². The Morgan fingerprint density at radius 2 is 1.90 bits per heavy atom. The second kappa shape index (κ2) is 6.69. The number of hydrogen-bond acceptors (Lipinski definition) is 5. The number of aromatic amines is 1. The van der Waals surface area contributed by atoms with Gasteiger partial charge in [-0.1, -0.05) is 12.1 Å². The van der Waals surface area contributed by atoms with Crippen LogP contribution >= 0.6 is 0 Å². The Kier molecular flexibility index (Phi) is 4.35. The first-order valence-corrected chi connectivity index (χ1v) is 10.3. The maximum atomic E-state index is 6.25. The summed E-state index contributed by atoms with van der Waals surface area (Å²) in [6, 6.07) is 4.16. The van der Waals surface area contributed by atoms with E-state index in [1.165, 1.54) is 6.42 Å². The molecule has 2 fully saturated rings. The van der Waals surface area contributed by atoms with Gasteiger partial charge in [0.1, 0.15) is 6.23 Å². The van der Waals surface area contributed by atoms with E-state index < -0.39 is 7.12 Å². The Morgan fingerprint density at radius 1 is 1.10 bits per heavy atom. The number of aromatic nitrogens is 4. The molecule has 2 saturated heterocycles. The highest BCUT2D eigenvalue weighted by molar-refractivity contribution is 6.65. The largest absolute Gasteiger partial charge is 0.497 e. The SMILES string of the molecule is CC1(C)OB(c2ccc(-c3cnn(C4CCCCO4)c3)c3cn[nH]c23)OC1(C)C. The van der Waals surface area contributed by atoms with E-state index in [0.717, 1.165) is 46.9 Å². The predicted molar refractivity (Wildman–Crippen MR) is 112 cm³/mol. The van der Waals surface area contributed by atoms with E-state index in [-0.39, 0.29) is 17.4 Å². The third kappa shape index (κ3) is 3.10. The average Bonchev–Trinajstić information content (AvgIpc) is 3.40. The van der Waals surface area contributed by atoms with Crippen LogP contribution in [0.5, 0.6) is 0 Å². The monoisotopic (exact) mass is 394 g/mol. The van der Waals surface area contributed by atoms with E-state index in [1.54, 1.807) is 0 Å². The van der Waals surface area contributed by atoms with Gasteiger partial charge in [-0.3, -0.25) is 5.10 Å². The van der Waals surface area contributed by atoms with Gasteiger partial charge in [0.25, 0.3) is 0 Å². The number of hydrogen-bond donors (Lipinski definition) is 1. The fourth-order valence-corrected chi connectivity index (χ4v) is 4.04. The third-order valence-electron chi connectivity index (χ3n) is 6.52.